The maximum absolute atomic E-state index is 11.4. The molecule has 2 aromatic carbocycles. The van der Waals surface area contributed by atoms with E-state index < -0.39 is 11.9 Å². The van der Waals surface area contributed by atoms with Crippen LogP contribution in [0.2, 0.25) is 0 Å². The Bertz CT molecular complexity index is 668. The van der Waals surface area contributed by atoms with E-state index in [2.05, 4.69) is 0 Å². The number of hydrogen-bond donors (Lipinski definition) is 2. The smallest absolute Gasteiger partial charge is 0.336 e. The Morgan fingerprint density at radius 2 is 1.14 bits per heavy atom. The molecular weight excluding hydrogens is 280 g/mol. The Morgan fingerprint density at radius 3 is 1.45 bits per heavy atom. The molecule has 2 aromatic rings. The minimum absolute atomic E-state index is 0.312. The third kappa shape index (κ3) is 3.17. The van der Waals surface area contributed by atoms with Crippen LogP contribution in [0.15, 0.2) is 36.4 Å². The first-order chi connectivity index (χ1) is 10.4. The average molecular weight is 298 g/mol. The van der Waals surface area contributed by atoms with Crippen molar-refractivity contribution in [2.75, 3.05) is 0 Å². The molecule has 0 aliphatic rings. The second kappa shape index (κ2) is 6.43. The lowest BCUT2D eigenvalue weighted by molar-refractivity contribution is 0.0683. The molecule has 0 spiro atoms. The third-order valence-electron chi connectivity index (χ3n) is 3.81. The molecule has 4 heteroatoms. The Hall–Kier alpha value is -2.62. The minimum Gasteiger partial charge on any atom is -0.478 e. The molecule has 0 unspecified atom stereocenters. The van der Waals surface area contributed by atoms with Crippen molar-refractivity contribution in [1.82, 2.24) is 0 Å². The van der Waals surface area contributed by atoms with Crippen LogP contribution in [0.5, 0.6) is 0 Å². The molecule has 0 bridgehead atoms. The van der Waals surface area contributed by atoms with Crippen molar-refractivity contribution >= 4 is 11.9 Å². The Balaban J connectivity index is 2.33. The van der Waals surface area contributed by atoms with Crippen LogP contribution in [-0.2, 0) is 12.8 Å². The Kier molecular flexibility index (Phi) is 4.61. The first-order valence-electron chi connectivity index (χ1n) is 7.05. The molecule has 2 N–H and O–H groups in total. The molecular formula is C18H18O4. The van der Waals surface area contributed by atoms with Crippen LogP contribution in [0.1, 0.15) is 43.0 Å². The number of rotatable bonds is 5. The van der Waals surface area contributed by atoms with Gasteiger partial charge in [0.2, 0.25) is 0 Å². The largest absolute Gasteiger partial charge is 0.478 e. The second-order valence-corrected chi connectivity index (χ2v) is 5.33. The summed E-state index contributed by atoms with van der Waals surface area (Å²) in [6.45, 7) is 3.53. The summed E-state index contributed by atoms with van der Waals surface area (Å²) in [7, 11) is 0. The fraction of sp³-hybridized carbons (Fsp3) is 0.222. The van der Waals surface area contributed by atoms with Gasteiger partial charge in [0.25, 0.3) is 0 Å². The van der Waals surface area contributed by atoms with E-state index in [0.717, 1.165) is 11.1 Å². The SMILES string of the molecule is Cc1cccc(CCc2cccc(C)c2C(=O)O)c1C(=O)O. The first kappa shape index (κ1) is 15.8. The van der Waals surface area contributed by atoms with Gasteiger partial charge >= 0.3 is 11.9 Å². The van der Waals surface area contributed by atoms with E-state index in [1.165, 1.54) is 0 Å². The molecule has 0 heterocycles. The maximum atomic E-state index is 11.4. The van der Waals surface area contributed by atoms with Crippen LogP contribution in [0.4, 0.5) is 0 Å². The van der Waals surface area contributed by atoms with Crippen LogP contribution in [-0.4, -0.2) is 22.2 Å². The van der Waals surface area contributed by atoms with Gasteiger partial charge in [-0.3, -0.25) is 0 Å². The van der Waals surface area contributed by atoms with Crippen molar-refractivity contribution in [2.45, 2.75) is 26.7 Å². The van der Waals surface area contributed by atoms with Gasteiger partial charge in [0, 0.05) is 0 Å². The molecule has 22 heavy (non-hydrogen) atoms. The van der Waals surface area contributed by atoms with Gasteiger partial charge in [-0.2, -0.15) is 0 Å². The van der Waals surface area contributed by atoms with Gasteiger partial charge in [-0.15, -0.1) is 0 Å². The van der Waals surface area contributed by atoms with Crippen LogP contribution < -0.4 is 0 Å². The molecule has 0 amide bonds. The number of carboxylic acid groups (broad SMARTS) is 2. The number of benzene rings is 2. The monoisotopic (exact) mass is 298 g/mol. The van der Waals surface area contributed by atoms with Crippen molar-refractivity contribution < 1.29 is 19.8 Å². The van der Waals surface area contributed by atoms with Crippen molar-refractivity contribution in [3.8, 4) is 0 Å². The van der Waals surface area contributed by atoms with Gasteiger partial charge in [0.15, 0.2) is 0 Å². The first-order valence-corrected chi connectivity index (χ1v) is 7.05. The van der Waals surface area contributed by atoms with E-state index in [-0.39, 0.29) is 0 Å². The van der Waals surface area contributed by atoms with E-state index in [4.69, 9.17) is 0 Å². The zero-order chi connectivity index (χ0) is 16.3. The summed E-state index contributed by atoms with van der Waals surface area (Å²) in [4.78, 5) is 22.8. The highest BCUT2D eigenvalue weighted by molar-refractivity contribution is 5.92. The van der Waals surface area contributed by atoms with Crippen molar-refractivity contribution in [2.24, 2.45) is 0 Å². The second-order valence-electron chi connectivity index (χ2n) is 5.33. The predicted molar refractivity (Wildman–Crippen MR) is 83.7 cm³/mol. The van der Waals surface area contributed by atoms with Crippen LogP contribution >= 0.6 is 0 Å². The van der Waals surface area contributed by atoms with E-state index in [1.807, 2.05) is 12.1 Å². The van der Waals surface area contributed by atoms with Crippen LogP contribution in [0.3, 0.4) is 0 Å². The average Bonchev–Trinajstić information content (AvgIpc) is 2.44. The maximum Gasteiger partial charge on any atom is 0.336 e. The molecule has 114 valence electrons. The number of carbonyl (C=O) groups is 2. The van der Waals surface area contributed by atoms with E-state index in [9.17, 15) is 19.8 Å². The zero-order valence-corrected chi connectivity index (χ0v) is 12.6. The van der Waals surface area contributed by atoms with Gasteiger partial charge in [0.1, 0.15) is 0 Å². The van der Waals surface area contributed by atoms with Crippen molar-refractivity contribution in [3.05, 3.63) is 69.8 Å². The van der Waals surface area contributed by atoms with Crippen molar-refractivity contribution in [1.29, 1.82) is 0 Å². The number of aryl methyl sites for hydroxylation is 4. The summed E-state index contributed by atoms with van der Waals surface area (Å²) >= 11 is 0. The van der Waals surface area contributed by atoms with Gasteiger partial charge in [0.05, 0.1) is 11.1 Å². The summed E-state index contributed by atoms with van der Waals surface area (Å²) in [5, 5.41) is 18.7. The van der Waals surface area contributed by atoms with Crippen LogP contribution in [0.25, 0.3) is 0 Å². The molecule has 0 saturated heterocycles. The summed E-state index contributed by atoms with van der Waals surface area (Å²) < 4.78 is 0. The van der Waals surface area contributed by atoms with E-state index >= 15 is 0 Å². The molecule has 0 saturated carbocycles. The molecule has 0 fully saturated rings. The number of hydrogen-bond acceptors (Lipinski definition) is 2. The van der Waals surface area contributed by atoms with Crippen LogP contribution in [0, 0.1) is 13.8 Å². The zero-order valence-electron chi connectivity index (χ0n) is 12.6. The number of aromatic carboxylic acids is 2. The molecule has 0 aliphatic heterocycles. The lowest BCUT2D eigenvalue weighted by atomic mass is 9.93. The third-order valence-corrected chi connectivity index (χ3v) is 3.81. The normalized spacial score (nSPS) is 10.5. The highest BCUT2D eigenvalue weighted by Gasteiger charge is 2.16. The van der Waals surface area contributed by atoms with Gasteiger partial charge in [-0.1, -0.05) is 36.4 Å². The summed E-state index contributed by atoms with van der Waals surface area (Å²) in [5.41, 5.74) is 3.51. The van der Waals surface area contributed by atoms with Gasteiger partial charge < -0.3 is 10.2 Å². The molecule has 0 atom stereocenters. The highest BCUT2D eigenvalue weighted by Crippen LogP contribution is 2.20. The minimum atomic E-state index is -0.948. The summed E-state index contributed by atoms with van der Waals surface area (Å²) in [6, 6.07) is 10.8. The Labute approximate surface area is 129 Å². The topological polar surface area (TPSA) is 74.6 Å². The number of carboxylic acids is 2. The summed E-state index contributed by atoms with van der Waals surface area (Å²) in [6.07, 6.45) is 0.986. The van der Waals surface area contributed by atoms with Gasteiger partial charge in [-0.05, 0) is 48.9 Å². The fourth-order valence-corrected chi connectivity index (χ4v) is 2.76. The molecule has 0 aromatic heterocycles. The fourth-order valence-electron chi connectivity index (χ4n) is 2.76. The quantitative estimate of drug-likeness (QED) is 0.886. The lowest BCUT2D eigenvalue weighted by Gasteiger charge is -2.11. The van der Waals surface area contributed by atoms with Gasteiger partial charge in [-0.25, -0.2) is 9.59 Å². The molecule has 2 rings (SSSR count). The predicted octanol–water partition coefficient (Wildman–Crippen LogP) is 3.49. The molecule has 0 aliphatic carbocycles. The van der Waals surface area contributed by atoms with E-state index in [0.29, 0.717) is 35.1 Å². The Morgan fingerprint density at radius 1 is 0.773 bits per heavy atom. The van der Waals surface area contributed by atoms with Crippen molar-refractivity contribution in [3.63, 3.8) is 0 Å². The van der Waals surface area contributed by atoms with E-state index in [1.54, 1.807) is 38.1 Å². The molecule has 0 radical (unpaired) electrons. The highest BCUT2D eigenvalue weighted by atomic mass is 16.4. The standard InChI is InChI=1S/C18H18O4/c1-11-5-3-7-13(15(11)17(19)20)9-10-14-8-4-6-12(2)16(14)18(21)22/h3-8H,9-10H2,1-2H3,(H,19,20)(H,21,22). The lowest BCUT2D eigenvalue weighted by Crippen LogP contribution is -2.09. The molecule has 4 nitrogen and oxygen atoms in total. The summed E-state index contributed by atoms with van der Waals surface area (Å²) in [5.74, 6) is -1.90.